The topological polar surface area (TPSA) is 54.0 Å². The molecule has 0 saturated carbocycles. The van der Waals surface area contributed by atoms with Crippen molar-refractivity contribution in [2.24, 2.45) is 5.92 Å². The molecule has 1 aromatic carbocycles. The fourth-order valence-corrected chi connectivity index (χ4v) is 2.16. The minimum atomic E-state index is -0.0906. The van der Waals surface area contributed by atoms with Gasteiger partial charge in [-0.25, -0.2) is 0 Å². The number of hydrogen-bond acceptors (Lipinski definition) is 3. The highest BCUT2D eigenvalue weighted by molar-refractivity contribution is 5.78. The van der Waals surface area contributed by atoms with Crippen molar-refractivity contribution in [2.45, 2.75) is 19.9 Å². The normalized spacial score (nSPS) is 12.1. The molecule has 0 saturated heterocycles. The van der Waals surface area contributed by atoms with Crippen LogP contribution < -0.4 is 10.6 Å². The Balaban J connectivity index is 2.05. The maximum absolute atomic E-state index is 11.9. The van der Waals surface area contributed by atoms with Crippen LogP contribution in [0.25, 0.3) is 0 Å². The highest BCUT2D eigenvalue weighted by atomic mass is 16.1. The van der Waals surface area contributed by atoms with E-state index in [9.17, 15) is 4.79 Å². The quantitative estimate of drug-likeness (QED) is 0.826. The maximum atomic E-state index is 11.9. The molecule has 4 nitrogen and oxygen atoms in total. The van der Waals surface area contributed by atoms with E-state index in [-0.39, 0.29) is 18.5 Å². The third kappa shape index (κ3) is 4.97. The molecule has 2 rings (SSSR count). The average Bonchev–Trinajstić information content (AvgIpc) is 2.55. The van der Waals surface area contributed by atoms with E-state index in [4.69, 9.17) is 0 Å². The summed E-state index contributed by atoms with van der Waals surface area (Å²) < 4.78 is 0. The molecule has 0 spiro atoms. The summed E-state index contributed by atoms with van der Waals surface area (Å²) >= 11 is 0. The van der Waals surface area contributed by atoms with Gasteiger partial charge in [0.05, 0.1) is 18.3 Å². The fraction of sp³-hybridized carbons (Fsp3) is 0.333. The van der Waals surface area contributed by atoms with E-state index in [1.54, 1.807) is 6.20 Å². The molecule has 0 fully saturated rings. The van der Waals surface area contributed by atoms with Crippen LogP contribution in [0.15, 0.2) is 54.7 Å². The van der Waals surface area contributed by atoms with Gasteiger partial charge in [-0.3, -0.25) is 15.1 Å². The largest absolute Gasteiger partial charge is 0.355 e. The minimum absolute atomic E-state index is 0.00515. The van der Waals surface area contributed by atoms with Crippen LogP contribution in [0.2, 0.25) is 0 Å². The van der Waals surface area contributed by atoms with E-state index in [1.807, 2.05) is 48.5 Å². The van der Waals surface area contributed by atoms with E-state index in [0.29, 0.717) is 12.5 Å². The Hall–Kier alpha value is -2.20. The lowest BCUT2D eigenvalue weighted by atomic mass is 10.0. The number of rotatable bonds is 7. The van der Waals surface area contributed by atoms with E-state index >= 15 is 0 Å². The maximum Gasteiger partial charge on any atom is 0.233 e. The molecule has 4 heteroatoms. The van der Waals surface area contributed by atoms with Gasteiger partial charge in [0.25, 0.3) is 0 Å². The van der Waals surface area contributed by atoms with E-state index in [0.717, 1.165) is 11.3 Å². The van der Waals surface area contributed by atoms with E-state index < -0.39 is 0 Å². The van der Waals surface area contributed by atoms with Crippen LogP contribution in [0.4, 0.5) is 0 Å². The second kappa shape index (κ2) is 8.29. The van der Waals surface area contributed by atoms with Gasteiger partial charge in [0.2, 0.25) is 5.91 Å². The molecule has 2 N–H and O–H groups in total. The lowest BCUT2D eigenvalue weighted by Gasteiger charge is -2.19. The van der Waals surface area contributed by atoms with Crippen LogP contribution in [0.1, 0.15) is 31.1 Å². The Morgan fingerprint density at radius 2 is 1.82 bits per heavy atom. The number of aromatic nitrogens is 1. The Kier molecular flexibility index (Phi) is 6.10. The molecule has 1 aromatic heterocycles. The number of hydrogen-bond donors (Lipinski definition) is 2. The monoisotopic (exact) mass is 297 g/mol. The molecule has 116 valence electrons. The third-order valence-corrected chi connectivity index (χ3v) is 3.29. The summed E-state index contributed by atoms with van der Waals surface area (Å²) in [4.78, 5) is 16.3. The summed E-state index contributed by atoms with van der Waals surface area (Å²) in [6.07, 6.45) is 1.77. The van der Waals surface area contributed by atoms with Gasteiger partial charge < -0.3 is 5.32 Å². The predicted molar refractivity (Wildman–Crippen MR) is 88.4 cm³/mol. The number of carbonyl (C=O) groups excluding carboxylic acids is 1. The van der Waals surface area contributed by atoms with Gasteiger partial charge in [-0.15, -0.1) is 0 Å². The van der Waals surface area contributed by atoms with Gasteiger partial charge in [-0.05, 0) is 23.6 Å². The smallest absolute Gasteiger partial charge is 0.233 e. The van der Waals surface area contributed by atoms with Crippen LogP contribution in [0, 0.1) is 5.92 Å². The number of benzene rings is 1. The highest BCUT2D eigenvalue weighted by Gasteiger charge is 2.15. The standard InChI is InChI=1S/C18H23N3O/c1-14(2)12-20-17(22)13-21-18(15-8-4-3-5-9-15)16-10-6-7-11-19-16/h3-11,14,18,21H,12-13H2,1-2H3,(H,20,22). The van der Waals surface area contributed by atoms with Gasteiger partial charge in [0.1, 0.15) is 0 Å². The summed E-state index contributed by atoms with van der Waals surface area (Å²) in [5.41, 5.74) is 2.00. The van der Waals surface area contributed by atoms with E-state index in [1.165, 1.54) is 0 Å². The number of pyridine rings is 1. The first-order valence-corrected chi connectivity index (χ1v) is 7.62. The summed E-state index contributed by atoms with van der Waals surface area (Å²) in [5, 5.41) is 6.22. The zero-order chi connectivity index (χ0) is 15.8. The van der Waals surface area contributed by atoms with Gasteiger partial charge >= 0.3 is 0 Å². The molecule has 1 atom stereocenters. The van der Waals surface area contributed by atoms with Crippen molar-refractivity contribution in [3.05, 3.63) is 66.0 Å². The summed E-state index contributed by atoms with van der Waals surface area (Å²) in [6.45, 7) is 5.12. The molecule has 0 radical (unpaired) electrons. The summed E-state index contributed by atoms with van der Waals surface area (Å²) in [6, 6.07) is 15.8. The molecule has 0 aliphatic rings. The van der Waals surface area contributed by atoms with Crippen LogP contribution in [-0.2, 0) is 4.79 Å². The molecule has 1 amide bonds. The van der Waals surface area contributed by atoms with Crippen molar-refractivity contribution in [1.82, 2.24) is 15.6 Å². The van der Waals surface area contributed by atoms with Gasteiger partial charge in [-0.1, -0.05) is 50.2 Å². The molecular formula is C18H23N3O. The molecule has 0 aliphatic carbocycles. The molecule has 0 bridgehead atoms. The zero-order valence-corrected chi connectivity index (χ0v) is 13.1. The van der Waals surface area contributed by atoms with Gasteiger partial charge in [0, 0.05) is 12.7 Å². The molecule has 2 aromatic rings. The van der Waals surface area contributed by atoms with Crippen molar-refractivity contribution >= 4 is 5.91 Å². The second-order valence-electron chi connectivity index (χ2n) is 5.68. The molecule has 0 aliphatic heterocycles. The molecule has 1 unspecified atom stereocenters. The summed E-state index contributed by atoms with van der Waals surface area (Å²) in [5.74, 6) is 0.454. The molecule has 22 heavy (non-hydrogen) atoms. The highest BCUT2D eigenvalue weighted by Crippen LogP contribution is 2.19. The minimum Gasteiger partial charge on any atom is -0.355 e. The first-order valence-electron chi connectivity index (χ1n) is 7.62. The Morgan fingerprint density at radius 3 is 2.45 bits per heavy atom. The number of carbonyl (C=O) groups is 1. The molecule has 1 heterocycles. The van der Waals surface area contributed by atoms with Crippen LogP contribution >= 0.6 is 0 Å². The fourth-order valence-electron chi connectivity index (χ4n) is 2.16. The lowest BCUT2D eigenvalue weighted by molar-refractivity contribution is -0.120. The van der Waals surface area contributed by atoms with Gasteiger partial charge in [-0.2, -0.15) is 0 Å². The lowest BCUT2D eigenvalue weighted by Crippen LogP contribution is -2.37. The van der Waals surface area contributed by atoms with Crippen molar-refractivity contribution in [3.8, 4) is 0 Å². The van der Waals surface area contributed by atoms with Crippen LogP contribution in [0.3, 0.4) is 0 Å². The summed E-state index contributed by atoms with van der Waals surface area (Å²) in [7, 11) is 0. The first kappa shape index (κ1) is 16.2. The SMILES string of the molecule is CC(C)CNC(=O)CNC(c1ccccc1)c1ccccn1. The van der Waals surface area contributed by atoms with Crippen molar-refractivity contribution in [1.29, 1.82) is 0 Å². The van der Waals surface area contributed by atoms with E-state index in [2.05, 4.69) is 29.5 Å². The third-order valence-electron chi connectivity index (χ3n) is 3.29. The van der Waals surface area contributed by atoms with Crippen LogP contribution in [-0.4, -0.2) is 24.0 Å². The molecular weight excluding hydrogens is 274 g/mol. The van der Waals surface area contributed by atoms with Crippen molar-refractivity contribution in [2.75, 3.05) is 13.1 Å². The predicted octanol–water partition coefficient (Wildman–Crippen LogP) is 2.53. The van der Waals surface area contributed by atoms with Crippen molar-refractivity contribution in [3.63, 3.8) is 0 Å². The second-order valence-corrected chi connectivity index (χ2v) is 5.68. The number of nitrogens with zero attached hydrogens (tertiary/aromatic N) is 1. The zero-order valence-electron chi connectivity index (χ0n) is 13.1. The Bertz CT molecular complexity index is 530. The average molecular weight is 297 g/mol. The Morgan fingerprint density at radius 1 is 1.09 bits per heavy atom. The number of amides is 1. The first-order chi connectivity index (χ1) is 10.7. The van der Waals surface area contributed by atoms with Gasteiger partial charge in [0.15, 0.2) is 0 Å². The van der Waals surface area contributed by atoms with Crippen LogP contribution in [0.5, 0.6) is 0 Å². The van der Waals surface area contributed by atoms with Crippen molar-refractivity contribution < 1.29 is 4.79 Å². The Labute approximate surface area is 132 Å². The number of nitrogens with one attached hydrogen (secondary N) is 2.